The molecule has 80 valence electrons. The van der Waals surface area contributed by atoms with Crippen LogP contribution in [0.1, 0.15) is 46.0 Å². The lowest BCUT2D eigenvalue weighted by Crippen LogP contribution is -2.39. The summed E-state index contributed by atoms with van der Waals surface area (Å²) in [7, 11) is 0. The largest absolute Gasteiger partial charge is 0.359 e. The first-order valence-corrected chi connectivity index (χ1v) is 6.69. The molecule has 1 saturated heterocycles. The summed E-state index contributed by atoms with van der Waals surface area (Å²) >= 11 is 1.90. The zero-order valence-electron chi connectivity index (χ0n) is 9.18. The Hall–Kier alpha value is -0.180. The van der Waals surface area contributed by atoms with Gasteiger partial charge in [0.05, 0.1) is 6.04 Å². The lowest BCUT2D eigenvalue weighted by atomic mass is 10.0. The molecule has 14 heavy (non-hydrogen) atoms. The maximum Gasteiger partial charge on any atom is 0.157 e. The Bertz CT molecular complexity index is 233. The first-order chi connectivity index (χ1) is 6.72. The molecule has 1 saturated carbocycles. The van der Waals surface area contributed by atoms with Crippen LogP contribution in [0.2, 0.25) is 0 Å². The van der Waals surface area contributed by atoms with Gasteiger partial charge in [-0.3, -0.25) is 4.99 Å². The fourth-order valence-electron chi connectivity index (χ4n) is 2.02. The van der Waals surface area contributed by atoms with Crippen molar-refractivity contribution < 1.29 is 0 Å². The van der Waals surface area contributed by atoms with E-state index in [1.165, 1.54) is 43.0 Å². The first kappa shape index (κ1) is 10.3. The fourth-order valence-corrected chi connectivity index (χ4v) is 3.29. The van der Waals surface area contributed by atoms with E-state index >= 15 is 0 Å². The van der Waals surface area contributed by atoms with Gasteiger partial charge in [0.15, 0.2) is 5.17 Å². The molecule has 2 fully saturated rings. The SMILES string of the molecule is CCC1(C)CSC(=NC2CCCC2)N1. The Balaban J connectivity index is 1.93. The van der Waals surface area contributed by atoms with Crippen molar-refractivity contribution in [2.75, 3.05) is 5.75 Å². The Morgan fingerprint density at radius 2 is 2.21 bits per heavy atom. The normalized spacial score (nSPS) is 36.6. The maximum absolute atomic E-state index is 4.79. The molecule has 1 atom stereocenters. The molecule has 1 N–H and O–H groups in total. The Labute approximate surface area is 90.9 Å². The van der Waals surface area contributed by atoms with Gasteiger partial charge in [-0.1, -0.05) is 31.5 Å². The Morgan fingerprint density at radius 3 is 2.79 bits per heavy atom. The van der Waals surface area contributed by atoms with Crippen molar-refractivity contribution in [2.45, 2.75) is 57.5 Å². The first-order valence-electron chi connectivity index (χ1n) is 5.71. The van der Waals surface area contributed by atoms with Gasteiger partial charge in [0, 0.05) is 11.3 Å². The molecule has 0 aromatic rings. The molecule has 2 rings (SSSR count). The van der Waals surface area contributed by atoms with Gasteiger partial charge >= 0.3 is 0 Å². The second-order valence-electron chi connectivity index (χ2n) is 4.70. The van der Waals surface area contributed by atoms with Crippen LogP contribution in [0.4, 0.5) is 0 Å². The van der Waals surface area contributed by atoms with Gasteiger partial charge in [-0.05, 0) is 26.2 Å². The topological polar surface area (TPSA) is 24.4 Å². The van der Waals surface area contributed by atoms with Crippen molar-refractivity contribution >= 4 is 16.9 Å². The minimum Gasteiger partial charge on any atom is -0.359 e. The molecule has 0 spiro atoms. The van der Waals surface area contributed by atoms with Gasteiger partial charge in [-0.2, -0.15) is 0 Å². The Kier molecular flexibility index (Phi) is 3.05. The van der Waals surface area contributed by atoms with Gasteiger partial charge in [0.2, 0.25) is 0 Å². The van der Waals surface area contributed by atoms with Crippen LogP contribution in [-0.2, 0) is 0 Å². The van der Waals surface area contributed by atoms with E-state index in [1.807, 2.05) is 11.8 Å². The summed E-state index contributed by atoms with van der Waals surface area (Å²) in [5, 5.41) is 4.75. The average molecular weight is 212 g/mol. The third kappa shape index (κ3) is 2.25. The molecule has 2 aliphatic rings. The summed E-state index contributed by atoms with van der Waals surface area (Å²) in [4.78, 5) is 4.79. The molecular weight excluding hydrogens is 192 g/mol. The predicted octanol–water partition coefficient (Wildman–Crippen LogP) is 2.79. The van der Waals surface area contributed by atoms with Crippen LogP contribution in [0.5, 0.6) is 0 Å². The van der Waals surface area contributed by atoms with Crippen LogP contribution in [0.15, 0.2) is 4.99 Å². The second kappa shape index (κ2) is 4.13. The van der Waals surface area contributed by atoms with Crippen molar-refractivity contribution in [3.63, 3.8) is 0 Å². The summed E-state index contributed by atoms with van der Waals surface area (Å²) in [5.41, 5.74) is 0.294. The second-order valence-corrected chi connectivity index (χ2v) is 5.66. The molecule has 1 heterocycles. The van der Waals surface area contributed by atoms with Gasteiger partial charge < -0.3 is 5.32 Å². The molecule has 1 aliphatic carbocycles. The summed E-state index contributed by atoms with van der Waals surface area (Å²) in [5.74, 6) is 1.18. The number of aliphatic imine (C=N–C) groups is 1. The van der Waals surface area contributed by atoms with E-state index in [-0.39, 0.29) is 0 Å². The summed E-state index contributed by atoms with van der Waals surface area (Å²) in [6.45, 7) is 4.53. The Morgan fingerprint density at radius 1 is 1.50 bits per heavy atom. The number of nitrogens with zero attached hydrogens (tertiary/aromatic N) is 1. The molecule has 3 heteroatoms. The van der Waals surface area contributed by atoms with Gasteiger partial charge in [-0.25, -0.2) is 0 Å². The highest BCUT2D eigenvalue weighted by molar-refractivity contribution is 8.14. The number of nitrogens with one attached hydrogen (secondary N) is 1. The van der Waals surface area contributed by atoms with Crippen LogP contribution in [0.3, 0.4) is 0 Å². The van der Waals surface area contributed by atoms with Gasteiger partial charge in [-0.15, -0.1) is 0 Å². The standard InChI is InChI=1S/C11H20N2S/c1-3-11(2)8-14-10(13-11)12-9-6-4-5-7-9/h9H,3-8H2,1-2H3,(H,12,13). The minimum absolute atomic E-state index is 0.294. The van der Waals surface area contributed by atoms with Crippen LogP contribution >= 0.6 is 11.8 Å². The van der Waals surface area contributed by atoms with Crippen LogP contribution in [0.25, 0.3) is 0 Å². The summed E-state index contributed by atoms with van der Waals surface area (Å²) in [6, 6.07) is 0.615. The summed E-state index contributed by atoms with van der Waals surface area (Å²) < 4.78 is 0. The minimum atomic E-state index is 0.294. The lowest BCUT2D eigenvalue weighted by molar-refractivity contribution is 0.465. The monoisotopic (exact) mass is 212 g/mol. The summed E-state index contributed by atoms with van der Waals surface area (Å²) in [6.07, 6.45) is 6.53. The van der Waals surface area contributed by atoms with E-state index in [0.29, 0.717) is 11.6 Å². The van der Waals surface area contributed by atoms with Gasteiger partial charge in [0.1, 0.15) is 0 Å². The van der Waals surface area contributed by atoms with Crippen LogP contribution in [0, 0.1) is 0 Å². The van der Waals surface area contributed by atoms with Crippen molar-refractivity contribution in [3.8, 4) is 0 Å². The third-order valence-corrected chi connectivity index (χ3v) is 4.60. The maximum atomic E-state index is 4.79. The van der Waals surface area contributed by atoms with Crippen molar-refractivity contribution in [3.05, 3.63) is 0 Å². The van der Waals surface area contributed by atoms with E-state index in [4.69, 9.17) is 4.99 Å². The lowest BCUT2D eigenvalue weighted by Gasteiger charge is -2.21. The molecule has 1 unspecified atom stereocenters. The highest BCUT2D eigenvalue weighted by Crippen LogP contribution is 2.28. The van der Waals surface area contributed by atoms with Crippen LogP contribution < -0.4 is 5.32 Å². The average Bonchev–Trinajstić information content (AvgIpc) is 2.78. The van der Waals surface area contributed by atoms with E-state index in [2.05, 4.69) is 19.2 Å². The van der Waals surface area contributed by atoms with Crippen LogP contribution in [-0.4, -0.2) is 22.5 Å². The number of hydrogen-bond donors (Lipinski definition) is 1. The molecule has 2 nitrogen and oxygen atoms in total. The molecule has 0 aromatic carbocycles. The van der Waals surface area contributed by atoms with Gasteiger partial charge in [0.25, 0.3) is 0 Å². The van der Waals surface area contributed by atoms with E-state index in [1.54, 1.807) is 0 Å². The molecule has 1 aliphatic heterocycles. The molecule has 0 bridgehead atoms. The fraction of sp³-hybridized carbons (Fsp3) is 0.909. The van der Waals surface area contributed by atoms with Crippen molar-refractivity contribution in [1.29, 1.82) is 0 Å². The quantitative estimate of drug-likeness (QED) is 0.761. The van der Waals surface area contributed by atoms with Crippen molar-refractivity contribution in [1.82, 2.24) is 5.32 Å². The zero-order valence-corrected chi connectivity index (χ0v) is 9.99. The smallest absolute Gasteiger partial charge is 0.157 e. The molecule has 0 radical (unpaired) electrons. The number of thioether (sulfide) groups is 1. The molecular formula is C11H20N2S. The third-order valence-electron chi connectivity index (χ3n) is 3.34. The highest BCUT2D eigenvalue weighted by Gasteiger charge is 2.31. The van der Waals surface area contributed by atoms with E-state index in [0.717, 1.165) is 0 Å². The predicted molar refractivity (Wildman–Crippen MR) is 64.0 cm³/mol. The number of amidine groups is 1. The number of rotatable bonds is 2. The van der Waals surface area contributed by atoms with E-state index in [9.17, 15) is 0 Å². The van der Waals surface area contributed by atoms with E-state index < -0.39 is 0 Å². The van der Waals surface area contributed by atoms with Crippen molar-refractivity contribution in [2.24, 2.45) is 4.99 Å². The number of hydrogen-bond acceptors (Lipinski definition) is 2. The zero-order chi connectivity index (χ0) is 10.0. The highest BCUT2D eigenvalue weighted by atomic mass is 32.2. The molecule has 0 amide bonds. The molecule has 0 aromatic heterocycles.